The summed E-state index contributed by atoms with van der Waals surface area (Å²) in [5.74, 6) is -1.09. The van der Waals surface area contributed by atoms with E-state index in [1.165, 1.54) is 25.2 Å². The van der Waals surface area contributed by atoms with Gasteiger partial charge in [0.25, 0.3) is 11.8 Å². The first-order chi connectivity index (χ1) is 22.9. The third kappa shape index (κ3) is 8.57. The van der Waals surface area contributed by atoms with Crippen LogP contribution in [-0.4, -0.2) is 68.6 Å². The minimum Gasteiger partial charge on any atom is -0.492 e. The number of carbonyl (C=O) groups is 4. The molecule has 0 aliphatic carbocycles. The van der Waals surface area contributed by atoms with E-state index in [1.807, 2.05) is 19.9 Å². The van der Waals surface area contributed by atoms with E-state index in [4.69, 9.17) is 25.8 Å². The van der Waals surface area contributed by atoms with Crippen molar-refractivity contribution in [2.24, 2.45) is 0 Å². The number of hydrogen-bond donors (Lipinski definition) is 1. The molecular weight excluding hydrogens is 634 g/mol. The highest BCUT2D eigenvalue weighted by Gasteiger charge is 2.20. The molecule has 3 aromatic carbocycles. The molecule has 1 heterocycles. The van der Waals surface area contributed by atoms with E-state index in [-0.39, 0.29) is 5.91 Å². The lowest BCUT2D eigenvalue weighted by atomic mass is 10.0. The van der Waals surface area contributed by atoms with Crippen molar-refractivity contribution < 1.29 is 33.4 Å². The Labute approximate surface area is 285 Å². The van der Waals surface area contributed by atoms with Crippen molar-refractivity contribution in [3.05, 3.63) is 111 Å². The van der Waals surface area contributed by atoms with Gasteiger partial charge in [0, 0.05) is 25.4 Å². The van der Waals surface area contributed by atoms with Crippen LogP contribution in [-0.2, 0) is 15.9 Å². The molecule has 11 heteroatoms. The topological polar surface area (TPSA) is 124 Å². The fourth-order valence-corrected chi connectivity index (χ4v) is 5.38. The van der Waals surface area contributed by atoms with E-state index < -0.39 is 17.8 Å². The fourth-order valence-electron chi connectivity index (χ4n) is 5.06. The minimum atomic E-state index is -0.468. The average Bonchev–Trinajstić information content (AvgIpc) is 3.08. The molecular formula is C37H38ClN3O7. The van der Waals surface area contributed by atoms with Crippen LogP contribution in [0, 0.1) is 13.8 Å². The van der Waals surface area contributed by atoms with Crippen LogP contribution in [0.3, 0.4) is 0 Å². The lowest BCUT2D eigenvalue weighted by Crippen LogP contribution is -2.24. The lowest BCUT2D eigenvalue weighted by molar-refractivity contribution is 0.0592. The van der Waals surface area contributed by atoms with E-state index in [9.17, 15) is 19.2 Å². The lowest BCUT2D eigenvalue weighted by Gasteiger charge is -2.17. The molecule has 4 aromatic rings. The first kappa shape index (κ1) is 35.6. The molecule has 48 heavy (non-hydrogen) atoms. The number of amides is 2. The zero-order valence-electron chi connectivity index (χ0n) is 27.8. The van der Waals surface area contributed by atoms with Gasteiger partial charge in [-0.2, -0.15) is 0 Å². The van der Waals surface area contributed by atoms with Crippen LogP contribution in [0.15, 0.2) is 66.7 Å². The van der Waals surface area contributed by atoms with Crippen LogP contribution in [0.5, 0.6) is 5.75 Å². The Bertz CT molecular complexity index is 1810. The van der Waals surface area contributed by atoms with Crippen LogP contribution < -0.4 is 10.1 Å². The van der Waals surface area contributed by atoms with Crippen LogP contribution in [0.2, 0.25) is 5.02 Å². The number of unbranched alkanes of at least 4 members (excludes halogenated alkanes) is 1. The first-order valence-corrected chi connectivity index (χ1v) is 15.6. The van der Waals surface area contributed by atoms with Crippen LogP contribution in [0.1, 0.15) is 71.1 Å². The minimum absolute atomic E-state index is 0.253. The summed E-state index contributed by atoms with van der Waals surface area (Å²) in [6.07, 6.45) is 2.16. The number of hydrogen-bond acceptors (Lipinski definition) is 8. The summed E-state index contributed by atoms with van der Waals surface area (Å²) >= 11 is 6.36. The van der Waals surface area contributed by atoms with E-state index >= 15 is 0 Å². The second-order valence-electron chi connectivity index (χ2n) is 11.4. The third-order valence-electron chi connectivity index (χ3n) is 7.58. The smallest absolute Gasteiger partial charge is 0.337 e. The van der Waals surface area contributed by atoms with Crippen LogP contribution >= 0.6 is 11.6 Å². The van der Waals surface area contributed by atoms with Gasteiger partial charge < -0.3 is 24.4 Å². The van der Waals surface area contributed by atoms with E-state index in [0.717, 1.165) is 17.5 Å². The molecule has 1 aromatic heterocycles. The summed E-state index contributed by atoms with van der Waals surface area (Å²) in [7, 11) is 5.94. The summed E-state index contributed by atoms with van der Waals surface area (Å²) in [5, 5.41) is 3.25. The van der Waals surface area contributed by atoms with Gasteiger partial charge in [0.05, 0.1) is 59.5 Å². The zero-order valence-corrected chi connectivity index (χ0v) is 28.6. The van der Waals surface area contributed by atoms with Crippen molar-refractivity contribution in [2.75, 3.05) is 40.2 Å². The number of aromatic nitrogens is 1. The van der Waals surface area contributed by atoms with Gasteiger partial charge in [-0.3, -0.25) is 14.6 Å². The number of halogens is 1. The molecule has 0 saturated carbocycles. The Hall–Kier alpha value is -5.22. The molecule has 0 fully saturated rings. The molecule has 1 N–H and O–H groups in total. The molecule has 250 valence electrons. The highest BCUT2D eigenvalue weighted by atomic mass is 35.5. The van der Waals surface area contributed by atoms with E-state index in [2.05, 4.69) is 10.3 Å². The predicted octanol–water partition coefficient (Wildman–Crippen LogP) is 6.95. The summed E-state index contributed by atoms with van der Waals surface area (Å²) in [5.41, 5.74) is 5.26. The quantitative estimate of drug-likeness (QED) is 0.127. The van der Waals surface area contributed by atoms with Crippen molar-refractivity contribution in [1.29, 1.82) is 0 Å². The Balaban J connectivity index is 1.47. The van der Waals surface area contributed by atoms with Crippen molar-refractivity contribution in [2.45, 2.75) is 33.1 Å². The largest absolute Gasteiger partial charge is 0.492 e. The molecule has 0 spiro atoms. The third-order valence-corrected chi connectivity index (χ3v) is 7.86. The number of rotatable bonds is 12. The van der Waals surface area contributed by atoms with Gasteiger partial charge in [-0.15, -0.1) is 0 Å². The molecule has 0 radical (unpaired) electrons. The number of anilines is 1. The van der Waals surface area contributed by atoms with Gasteiger partial charge >= 0.3 is 11.9 Å². The fraction of sp³-hybridized carbons (Fsp3) is 0.270. The molecule has 10 nitrogen and oxygen atoms in total. The van der Waals surface area contributed by atoms with Crippen molar-refractivity contribution in [3.63, 3.8) is 0 Å². The summed E-state index contributed by atoms with van der Waals surface area (Å²) in [4.78, 5) is 56.7. The maximum Gasteiger partial charge on any atom is 0.337 e. The van der Waals surface area contributed by atoms with Crippen LogP contribution in [0.25, 0.3) is 11.3 Å². The van der Waals surface area contributed by atoms with Crippen LogP contribution in [0.4, 0.5) is 5.69 Å². The number of pyridine rings is 1. The molecule has 0 aliphatic rings. The number of aryl methyl sites for hydroxylation is 3. The van der Waals surface area contributed by atoms with E-state index in [0.29, 0.717) is 75.1 Å². The predicted molar refractivity (Wildman–Crippen MR) is 184 cm³/mol. The number of carbonyl (C=O) groups excluding carboxylic acids is 4. The molecule has 0 saturated heterocycles. The number of methoxy groups -OCH3 is 2. The number of ether oxygens (including phenoxy) is 3. The van der Waals surface area contributed by atoms with Gasteiger partial charge in [-0.1, -0.05) is 29.8 Å². The Kier molecular flexibility index (Phi) is 11.9. The second-order valence-corrected chi connectivity index (χ2v) is 11.8. The Morgan fingerprint density at radius 3 is 2.15 bits per heavy atom. The highest BCUT2D eigenvalue weighted by Crippen LogP contribution is 2.31. The number of benzene rings is 3. The average molecular weight is 672 g/mol. The number of esters is 2. The van der Waals surface area contributed by atoms with Crippen molar-refractivity contribution >= 4 is 41.0 Å². The number of nitrogens with zero attached hydrogens (tertiary/aromatic N) is 2. The summed E-state index contributed by atoms with van der Waals surface area (Å²) < 4.78 is 15.5. The maximum atomic E-state index is 13.7. The molecule has 0 aliphatic heterocycles. The SMILES string of the molecule is COC(=O)c1ccc(-c2nc(C)ccc2C(=O)Nc2ccc(CCCCOc3c(C)cc(C(=O)OC)cc3Cl)cc2C(=O)N(C)C)cc1. The zero-order chi connectivity index (χ0) is 35.0. The van der Waals surface area contributed by atoms with Gasteiger partial charge in [-0.25, -0.2) is 9.59 Å². The molecule has 0 unspecified atom stereocenters. The monoisotopic (exact) mass is 671 g/mol. The maximum absolute atomic E-state index is 13.7. The first-order valence-electron chi connectivity index (χ1n) is 15.3. The Morgan fingerprint density at radius 2 is 1.50 bits per heavy atom. The Morgan fingerprint density at radius 1 is 0.812 bits per heavy atom. The van der Waals surface area contributed by atoms with Crippen molar-refractivity contribution in [3.8, 4) is 17.0 Å². The molecule has 4 rings (SSSR count). The standard InChI is InChI=1S/C37H38ClN3O7/c1-22-19-27(37(45)47-6)21-30(38)33(22)48-18-8-7-9-24-11-17-31(29(20-24)35(43)41(3)4)40-34(42)28-16-10-23(2)39-32(28)25-12-14-26(15-13-25)36(44)46-5/h10-17,19-21H,7-9,18H2,1-6H3,(H,40,42). The van der Waals surface area contributed by atoms with Gasteiger partial charge in [-0.05, 0) is 92.8 Å². The summed E-state index contributed by atoms with van der Waals surface area (Å²) in [6, 6.07) is 18.7. The highest BCUT2D eigenvalue weighted by molar-refractivity contribution is 6.32. The van der Waals surface area contributed by atoms with Crippen molar-refractivity contribution in [1.82, 2.24) is 9.88 Å². The normalized spacial score (nSPS) is 10.6. The van der Waals surface area contributed by atoms with E-state index in [1.54, 1.807) is 68.7 Å². The second kappa shape index (κ2) is 16.1. The van der Waals surface area contributed by atoms with Gasteiger partial charge in [0.1, 0.15) is 5.75 Å². The van der Waals surface area contributed by atoms with Gasteiger partial charge in [0.2, 0.25) is 0 Å². The number of nitrogens with one attached hydrogen (secondary N) is 1. The van der Waals surface area contributed by atoms with Gasteiger partial charge in [0.15, 0.2) is 0 Å². The summed E-state index contributed by atoms with van der Waals surface area (Å²) in [6.45, 7) is 4.05. The molecule has 2 amide bonds. The molecule has 0 bridgehead atoms. The molecule has 0 atom stereocenters.